The second kappa shape index (κ2) is 9.13. The maximum Gasteiger partial charge on any atom is 0.0926 e. The fourth-order valence-electron chi connectivity index (χ4n) is 4.58. The zero-order chi connectivity index (χ0) is 22.0. The minimum absolute atomic E-state index is 0.235. The Bertz CT molecular complexity index is 1060. The first-order chi connectivity index (χ1) is 14.8. The van der Waals surface area contributed by atoms with Crippen molar-refractivity contribution in [3.8, 4) is 10.6 Å². The fraction of sp³-hybridized carbons (Fsp3) is 0.444. The van der Waals surface area contributed by atoms with Gasteiger partial charge in [-0.2, -0.15) is 0 Å². The molecule has 2 unspecified atom stereocenters. The van der Waals surface area contributed by atoms with Gasteiger partial charge in [-0.25, -0.2) is 0 Å². The molecular weight excluding hydrogens is 400 g/mol. The highest BCUT2D eigenvalue weighted by molar-refractivity contribution is 7.15. The van der Waals surface area contributed by atoms with Gasteiger partial charge in [0, 0.05) is 42.0 Å². The van der Waals surface area contributed by atoms with Crippen LogP contribution in [0.2, 0.25) is 0 Å². The molecule has 4 rings (SSSR count). The highest BCUT2D eigenvalue weighted by Crippen LogP contribution is 2.38. The summed E-state index contributed by atoms with van der Waals surface area (Å²) in [5.41, 5.74) is 1.28. The molecule has 0 bridgehead atoms. The lowest BCUT2D eigenvalue weighted by molar-refractivity contribution is 0.0558. The van der Waals surface area contributed by atoms with Gasteiger partial charge in [0.25, 0.3) is 0 Å². The standard InChI is InChI=1S/C27H34N2OS/c1-5-8-25(30)21-13-22(27(2,3)4)17-29(16-21)18-23-11-12-26(31-23)24-14-19-9-6-7-10-20(19)15-28-24/h6-12,14-15,21-22,30H,5,13,16-18H2,1-4H3/b25-8-. The molecule has 1 aromatic carbocycles. The normalized spacial score (nSPS) is 21.0. The van der Waals surface area contributed by atoms with E-state index < -0.39 is 0 Å². The van der Waals surface area contributed by atoms with E-state index in [2.05, 4.69) is 75.1 Å². The lowest BCUT2D eigenvalue weighted by atomic mass is 9.73. The van der Waals surface area contributed by atoms with E-state index >= 15 is 0 Å². The van der Waals surface area contributed by atoms with E-state index in [1.54, 1.807) is 0 Å². The number of hydrogen-bond donors (Lipinski definition) is 1. The number of nitrogens with zero attached hydrogens (tertiary/aromatic N) is 2. The largest absolute Gasteiger partial charge is 0.512 e. The van der Waals surface area contributed by atoms with Gasteiger partial charge in [0.05, 0.1) is 16.3 Å². The topological polar surface area (TPSA) is 36.4 Å². The van der Waals surface area contributed by atoms with Gasteiger partial charge in [0.1, 0.15) is 0 Å². The summed E-state index contributed by atoms with van der Waals surface area (Å²) in [7, 11) is 0. The third-order valence-electron chi connectivity index (χ3n) is 6.51. The van der Waals surface area contributed by atoms with E-state index in [1.807, 2.05) is 23.6 Å². The van der Waals surface area contributed by atoms with Crippen LogP contribution in [0, 0.1) is 17.3 Å². The number of aliphatic hydroxyl groups is 1. The Hall–Kier alpha value is -2.17. The quantitative estimate of drug-likeness (QED) is 0.428. The fourth-order valence-corrected chi connectivity index (χ4v) is 5.59. The van der Waals surface area contributed by atoms with E-state index in [9.17, 15) is 5.11 Å². The van der Waals surface area contributed by atoms with Gasteiger partial charge in [0.15, 0.2) is 0 Å². The van der Waals surface area contributed by atoms with Gasteiger partial charge in [-0.15, -0.1) is 11.3 Å². The molecule has 0 saturated carbocycles. The summed E-state index contributed by atoms with van der Waals surface area (Å²) >= 11 is 1.84. The highest BCUT2D eigenvalue weighted by atomic mass is 32.1. The first kappa shape index (κ1) is 22.0. The number of fused-ring (bicyclic) bond motifs is 1. The van der Waals surface area contributed by atoms with Crippen LogP contribution in [0.3, 0.4) is 0 Å². The molecule has 1 fully saturated rings. The van der Waals surface area contributed by atoms with Gasteiger partial charge in [-0.05, 0) is 53.8 Å². The molecule has 1 N–H and O–H groups in total. The lowest BCUT2D eigenvalue weighted by Gasteiger charge is -2.43. The molecule has 1 aliphatic heterocycles. The molecule has 4 heteroatoms. The van der Waals surface area contributed by atoms with Gasteiger partial charge < -0.3 is 5.11 Å². The van der Waals surface area contributed by atoms with Crippen molar-refractivity contribution in [1.82, 2.24) is 9.88 Å². The zero-order valence-corrected chi connectivity index (χ0v) is 20.0. The van der Waals surface area contributed by atoms with E-state index in [0.29, 0.717) is 11.7 Å². The van der Waals surface area contributed by atoms with Crippen molar-refractivity contribution in [1.29, 1.82) is 0 Å². The summed E-state index contributed by atoms with van der Waals surface area (Å²) < 4.78 is 0. The van der Waals surface area contributed by atoms with Crippen molar-refractivity contribution in [3.63, 3.8) is 0 Å². The maximum absolute atomic E-state index is 10.6. The average molecular weight is 435 g/mol. The van der Waals surface area contributed by atoms with Crippen LogP contribution in [-0.4, -0.2) is 28.1 Å². The van der Waals surface area contributed by atoms with Crippen LogP contribution in [0.25, 0.3) is 21.3 Å². The van der Waals surface area contributed by atoms with Gasteiger partial charge in [-0.1, -0.05) is 52.0 Å². The number of allylic oxidation sites excluding steroid dienone is 1. The minimum atomic E-state index is 0.235. The number of thiophene rings is 1. The number of aromatic nitrogens is 1. The summed E-state index contributed by atoms with van der Waals surface area (Å²) in [4.78, 5) is 9.81. The Balaban J connectivity index is 1.52. The highest BCUT2D eigenvalue weighted by Gasteiger charge is 2.35. The number of rotatable bonds is 5. The van der Waals surface area contributed by atoms with Crippen molar-refractivity contribution < 1.29 is 5.11 Å². The number of aliphatic hydroxyl groups excluding tert-OH is 1. The first-order valence-corrected chi connectivity index (χ1v) is 12.2. The van der Waals surface area contributed by atoms with E-state index in [1.165, 1.54) is 20.5 Å². The van der Waals surface area contributed by atoms with Crippen LogP contribution in [-0.2, 0) is 6.54 Å². The Kier molecular flexibility index (Phi) is 6.49. The first-order valence-electron chi connectivity index (χ1n) is 11.4. The predicted molar refractivity (Wildman–Crippen MR) is 132 cm³/mol. The average Bonchev–Trinajstić information content (AvgIpc) is 3.21. The van der Waals surface area contributed by atoms with Crippen molar-refractivity contribution in [3.05, 3.63) is 65.4 Å². The smallest absolute Gasteiger partial charge is 0.0926 e. The van der Waals surface area contributed by atoms with Crippen LogP contribution in [0.1, 0.15) is 45.4 Å². The van der Waals surface area contributed by atoms with Gasteiger partial charge in [-0.3, -0.25) is 9.88 Å². The molecule has 0 spiro atoms. The molecular formula is C27H34N2OS. The summed E-state index contributed by atoms with van der Waals surface area (Å²) in [6, 6.07) is 15.0. The Morgan fingerprint density at radius 1 is 1.16 bits per heavy atom. The van der Waals surface area contributed by atoms with E-state index in [-0.39, 0.29) is 11.3 Å². The molecule has 0 amide bonds. The third-order valence-corrected chi connectivity index (χ3v) is 7.60. The van der Waals surface area contributed by atoms with E-state index in [0.717, 1.165) is 38.2 Å². The molecule has 1 saturated heterocycles. The van der Waals surface area contributed by atoms with Crippen LogP contribution < -0.4 is 0 Å². The minimum Gasteiger partial charge on any atom is -0.512 e. The molecule has 2 atom stereocenters. The third kappa shape index (κ3) is 5.19. The molecule has 3 heterocycles. The zero-order valence-electron chi connectivity index (χ0n) is 19.1. The summed E-state index contributed by atoms with van der Waals surface area (Å²) in [5.74, 6) is 1.38. The number of pyridine rings is 1. The number of likely N-dealkylation sites (tertiary alicyclic amines) is 1. The van der Waals surface area contributed by atoms with Gasteiger partial charge >= 0.3 is 0 Å². The SMILES string of the molecule is CC/C=C(\O)C1CC(C(C)(C)C)CN(Cc2ccc(-c3cc4ccccc4cn3)s2)C1. The molecule has 1 aliphatic rings. The van der Waals surface area contributed by atoms with Crippen molar-refractivity contribution >= 4 is 22.1 Å². The van der Waals surface area contributed by atoms with Crippen LogP contribution in [0.15, 0.2) is 60.5 Å². The monoisotopic (exact) mass is 434 g/mol. The molecule has 0 radical (unpaired) electrons. The molecule has 2 aromatic heterocycles. The Labute approximate surface area is 190 Å². The van der Waals surface area contributed by atoms with Crippen LogP contribution in [0.5, 0.6) is 0 Å². The van der Waals surface area contributed by atoms with Gasteiger partial charge in [0.2, 0.25) is 0 Å². The van der Waals surface area contributed by atoms with Crippen LogP contribution >= 0.6 is 11.3 Å². The Morgan fingerprint density at radius 3 is 2.68 bits per heavy atom. The van der Waals surface area contributed by atoms with Crippen LogP contribution in [0.4, 0.5) is 0 Å². The molecule has 3 aromatic rings. The van der Waals surface area contributed by atoms with Crippen molar-refractivity contribution in [2.24, 2.45) is 17.3 Å². The molecule has 31 heavy (non-hydrogen) atoms. The Morgan fingerprint density at radius 2 is 1.94 bits per heavy atom. The van der Waals surface area contributed by atoms with Crippen molar-refractivity contribution in [2.75, 3.05) is 13.1 Å². The molecule has 3 nitrogen and oxygen atoms in total. The molecule has 0 aliphatic carbocycles. The second-order valence-corrected chi connectivity index (χ2v) is 11.1. The number of hydrogen-bond acceptors (Lipinski definition) is 4. The van der Waals surface area contributed by atoms with Crippen molar-refractivity contribution in [2.45, 2.75) is 47.1 Å². The lowest BCUT2D eigenvalue weighted by Crippen LogP contribution is -2.44. The maximum atomic E-state index is 10.6. The second-order valence-electron chi connectivity index (χ2n) is 9.91. The number of benzene rings is 1. The van der Waals surface area contributed by atoms with E-state index in [4.69, 9.17) is 4.98 Å². The summed E-state index contributed by atoms with van der Waals surface area (Å²) in [6.45, 7) is 12.0. The number of piperidine rings is 1. The molecule has 164 valence electrons. The predicted octanol–water partition coefficient (Wildman–Crippen LogP) is 7.30. The summed E-state index contributed by atoms with van der Waals surface area (Å²) in [5, 5.41) is 13.0. The summed E-state index contributed by atoms with van der Waals surface area (Å²) in [6.07, 6.45) is 5.91.